The highest BCUT2D eigenvalue weighted by Crippen LogP contribution is 2.33. The van der Waals surface area contributed by atoms with E-state index in [9.17, 15) is 8.78 Å². The first-order chi connectivity index (χ1) is 17.2. The van der Waals surface area contributed by atoms with Gasteiger partial charge in [-0.3, -0.25) is 0 Å². The van der Waals surface area contributed by atoms with E-state index in [-0.39, 0.29) is 23.8 Å². The van der Waals surface area contributed by atoms with Crippen molar-refractivity contribution >= 4 is 28.5 Å². The molecule has 0 bridgehead atoms. The average Bonchev–Trinajstić information content (AvgIpc) is 3.17. The molecule has 0 spiro atoms. The number of guanidine groups is 1. The first-order valence-electron chi connectivity index (χ1n) is 12.2. The van der Waals surface area contributed by atoms with Crippen LogP contribution in [0.1, 0.15) is 51.2 Å². The predicted octanol–water partition coefficient (Wildman–Crippen LogP) is 5.00. The zero-order valence-corrected chi connectivity index (χ0v) is 21.1. The molecule has 36 heavy (non-hydrogen) atoms. The van der Waals surface area contributed by atoms with Gasteiger partial charge in [-0.25, -0.2) is 23.7 Å². The van der Waals surface area contributed by atoms with Crippen molar-refractivity contribution in [2.75, 3.05) is 23.3 Å². The minimum Gasteiger partial charge on any atom is -0.372 e. The molecule has 1 aromatic carbocycles. The number of morpholine rings is 1. The number of aromatic nitrogens is 3. The van der Waals surface area contributed by atoms with Crippen molar-refractivity contribution in [3.05, 3.63) is 59.7 Å². The Balaban J connectivity index is 1.38. The lowest BCUT2D eigenvalue weighted by molar-refractivity contribution is -0.00523. The molecule has 1 saturated heterocycles. The average molecular weight is 496 g/mol. The van der Waals surface area contributed by atoms with Crippen molar-refractivity contribution in [1.82, 2.24) is 19.9 Å². The first-order valence-corrected chi connectivity index (χ1v) is 12.2. The molecule has 0 aliphatic carbocycles. The number of halogens is 2. The third kappa shape index (κ3) is 4.65. The molecule has 1 fully saturated rings. The zero-order chi connectivity index (χ0) is 25.6. The third-order valence-electron chi connectivity index (χ3n) is 6.42. The lowest BCUT2D eigenvalue weighted by Crippen LogP contribution is -2.45. The highest BCUT2D eigenvalue weighted by molar-refractivity contribution is 5.94. The summed E-state index contributed by atoms with van der Waals surface area (Å²) in [7, 11) is 0. The highest BCUT2D eigenvalue weighted by Gasteiger charge is 2.25. The number of nitrogens with zero attached hydrogens (tertiary/aromatic N) is 5. The third-order valence-corrected chi connectivity index (χ3v) is 6.42. The van der Waals surface area contributed by atoms with Gasteiger partial charge in [0.25, 0.3) is 0 Å². The number of rotatable bonds is 4. The molecule has 3 atom stereocenters. The SMILES string of the molecule is Cc1nc2c(F)cc(C3N=C(Nc4ccc(N5CC(C)OC(C)C5)cn4)NC=C3F)cc2n1C(C)C. The topological polar surface area (TPSA) is 79.6 Å². The van der Waals surface area contributed by atoms with Gasteiger partial charge in [0.05, 0.1) is 29.6 Å². The van der Waals surface area contributed by atoms with Gasteiger partial charge in [0.15, 0.2) is 5.82 Å². The summed E-state index contributed by atoms with van der Waals surface area (Å²) in [5.41, 5.74) is 2.32. The van der Waals surface area contributed by atoms with Crippen molar-refractivity contribution < 1.29 is 13.5 Å². The van der Waals surface area contributed by atoms with Crippen LogP contribution in [0.4, 0.5) is 20.3 Å². The Bertz CT molecular complexity index is 1320. The molecule has 5 rings (SSSR count). The van der Waals surface area contributed by atoms with Gasteiger partial charge in [-0.05, 0) is 64.4 Å². The standard InChI is InChI=1S/C26H31F2N7O/c1-14(2)35-17(5)31-25-20(27)8-18(9-22(25)35)24-21(28)11-30-26(33-24)32-23-7-6-19(10-29-23)34-12-15(3)36-16(4)13-34/h6-11,14-16,24H,12-13H2,1-5H3,(H2,29,30,32,33). The summed E-state index contributed by atoms with van der Waals surface area (Å²) >= 11 is 0. The molecule has 0 saturated carbocycles. The number of pyridine rings is 1. The summed E-state index contributed by atoms with van der Waals surface area (Å²) in [5.74, 6) is 0.586. The summed E-state index contributed by atoms with van der Waals surface area (Å²) in [5, 5.41) is 5.91. The second-order valence-corrected chi connectivity index (χ2v) is 9.74. The van der Waals surface area contributed by atoms with Crippen molar-refractivity contribution in [3.63, 3.8) is 0 Å². The van der Waals surface area contributed by atoms with Crippen LogP contribution in [0, 0.1) is 12.7 Å². The number of aliphatic imine (C=N–C) groups is 1. The van der Waals surface area contributed by atoms with E-state index in [1.807, 2.05) is 37.5 Å². The minimum absolute atomic E-state index is 0.0803. The minimum atomic E-state index is -0.987. The fourth-order valence-electron chi connectivity index (χ4n) is 5.00. The van der Waals surface area contributed by atoms with Crippen LogP contribution in [-0.2, 0) is 4.74 Å². The Morgan fingerprint density at radius 1 is 1.14 bits per heavy atom. The number of hydrogen-bond acceptors (Lipinski definition) is 7. The highest BCUT2D eigenvalue weighted by atomic mass is 19.1. The maximum Gasteiger partial charge on any atom is 0.202 e. The van der Waals surface area contributed by atoms with Gasteiger partial charge in [-0.2, -0.15) is 0 Å². The normalized spacial score (nSPS) is 22.4. The van der Waals surface area contributed by atoms with Crippen LogP contribution in [0.2, 0.25) is 0 Å². The maximum atomic E-state index is 14.9. The largest absolute Gasteiger partial charge is 0.372 e. The van der Waals surface area contributed by atoms with Gasteiger partial charge < -0.3 is 24.8 Å². The van der Waals surface area contributed by atoms with Gasteiger partial charge >= 0.3 is 0 Å². The smallest absolute Gasteiger partial charge is 0.202 e. The first kappa shape index (κ1) is 24.2. The second kappa shape index (κ2) is 9.50. The predicted molar refractivity (Wildman–Crippen MR) is 137 cm³/mol. The van der Waals surface area contributed by atoms with E-state index < -0.39 is 17.7 Å². The van der Waals surface area contributed by atoms with Crippen LogP contribution >= 0.6 is 0 Å². The molecule has 2 aliphatic heterocycles. The van der Waals surface area contributed by atoms with Crippen molar-refractivity contribution in [2.24, 2.45) is 4.99 Å². The number of fused-ring (bicyclic) bond motifs is 1. The summed E-state index contributed by atoms with van der Waals surface area (Å²) in [6, 6.07) is 6.00. The molecule has 2 aromatic heterocycles. The number of nitrogens with one attached hydrogen (secondary N) is 2. The summed E-state index contributed by atoms with van der Waals surface area (Å²) in [6.07, 6.45) is 3.33. The quantitative estimate of drug-likeness (QED) is 0.531. The Labute approximate surface area is 209 Å². The van der Waals surface area contributed by atoms with E-state index in [0.717, 1.165) is 18.8 Å². The number of ether oxygens (including phenoxy) is 1. The Kier molecular flexibility index (Phi) is 6.38. The van der Waals surface area contributed by atoms with Crippen molar-refractivity contribution in [1.29, 1.82) is 0 Å². The lowest BCUT2D eigenvalue weighted by atomic mass is 10.0. The molecule has 10 heteroatoms. The molecule has 2 N–H and O–H groups in total. The van der Waals surface area contributed by atoms with Crippen LogP contribution in [0.5, 0.6) is 0 Å². The van der Waals surface area contributed by atoms with Crippen molar-refractivity contribution in [3.8, 4) is 0 Å². The fourth-order valence-corrected chi connectivity index (χ4v) is 5.00. The van der Waals surface area contributed by atoms with Gasteiger partial charge in [-0.15, -0.1) is 0 Å². The van der Waals surface area contributed by atoms with E-state index in [2.05, 4.69) is 44.3 Å². The Hall–Kier alpha value is -3.53. The molecule has 3 aromatic rings. The summed E-state index contributed by atoms with van der Waals surface area (Å²) in [4.78, 5) is 15.6. The number of aryl methyl sites for hydroxylation is 1. The summed E-state index contributed by atoms with van der Waals surface area (Å²) < 4.78 is 37.5. The van der Waals surface area contributed by atoms with E-state index in [0.29, 0.717) is 28.7 Å². The maximum absolute atomic E-state index is 14.9. The summed E-state index contributed by atoms with van der Waals surface area (Å²) in [6.45, 7) is 11.6. The second-order valence-electron chi connectivity index (χ2n) is 9.74. The molecular weight excluding hydrogens is 464 g/mol. The molecule has 4 heterocycles. The van der Waals surface area contributed by atoms with Crippen LogP contribution in [0.25, 0.3) is 11.0 Å². The Morgan fingerprint density at radius 3 is 2.56 bits per heavy atom. The molecule has 2 aliphatic rings. The van der Waals surface area contributed by atoms with Crippen molar-refractivity contribution in [2.45, 2.75) is 58.9 Å². The number of imidazole rings is 1. The lowest BCUT2D eigenvalue weighted by Gasteiger charge is -2.36. The molecule has 190 valence electrons. The Morgan fingerprint density at radius 2 is 1.89 bits per heavy atom. The van der Waals surface area contributed by atoms with Crippen LogP contribution in [0.3, 0.4) is 0 Å². The molecule has 8 nitrogen and oxygen atoms in total. The van der Waals surface area contributed by atoms with Crippen LogP contribution in [0.15, 0.2) is 47.5 Å². The molecular formula is C26H31F2N7O. The fraction of sp³-hybridized carbons (Fsp3) is 0.423. The van der Waals surface area contributed by atoms with Gasteiger partial charge in [-0.1, -0.05) is 0 Å². The van der Waals surface area contributed by atoms with Crippen LogP contribution in [-0.4, -0.2) is 45.8 Å². The molecule has 3 unspecified atom stereocenters. The van der Waals surface area contributed by atoms with Gasteiger partial charge in [0.2, 0.25) is 5.96 Å². The number of benzene rings is 1. The molecule has 0 radical (unpaired) electrons. The zero-order valence-electron chi connectivity index (χ0n) is 21.1. The monoisotopic (exact) mass is 495 g/mol. The van der Waals surface area contributed by atoms with Gasteiger partial charge in [0, 0.05) is 25.3 Å². The van der Waals surface area contributed by atoms with E-state index >= 15 is 0 Å². The van der Waals surface area contributed by atoms with E-state index in [1.165, 1.54) is 12.3 Å². The molecule has 0 amide bonds. The van der Waals surface area contributed by atoms with E-state index in [4.69, 9.17) is 4.74 Å². The number of anilines is 2. The number of hydrogen-bond donors (Lipinski definition) is 2. The van der Waals surface area contributed by atoms with Crippen LogP contribution < -0.4 is 15.5 Å². The van der Waals surface area contributed by atoms with Gasteiger partial charge in [0.1, 0.15) is 29.0 Å². The van der Waals surface area contributed by atoms with E-state index in [1.54, 1.807) is 12.3 Å².